The number of hydrogen-bond acceptors (Lipinski definition) is 4. The molecule has 0 aliphatic rings. The Morgan fingerprint density at radius 2 is 1.82 bits per heavy atom. The summed E-state index contributed by atoms with van der Waals surface area (Å²) in [7, 11) is 0. The maximum absolute atomic E-state index is 12.1. The van der Waals surface area contributed by atoms with Crippen LogP contribution in [0.25, 0.3) is 0 Å². The zero-order chi connectivity index (χ0) is 15.9. The molecule has 0 unspecified atom stereocenters. The van der Waals surface area contributed by atoms with Gasteiger partial charge in [0, 0.05) is 10.6 Å². The van der Waals surface area contributed by atoms with Gasteiger partial charge in [0.15, 0.2) is 6.10 Å². The van der Waals surface area contributed by atoms with Crippen molar-refractivity contribution in [1.29, 1.82) is 5.26 Å². The Labute approximate surface area is 134 Å². The molecule has 0 aliphatic heterocycles. The van der Waals surface area contributed by atoms with Gasteiger partial charge in [-0.15, -0.1) is 11.8 Å². The Balaban J connectivity index is 1.94. The van der Waals surface area contributed by atoms with Crippen LogP contribution < -0.4 is 10.1 Å². The molecule has 0 radical (unpaired) electrons. The summed E-state index contributed by atoms with van der Waals surface area (Å²) in [5.41, 5.74) is 1.29. The van der Waals surface area contributed by atoms with Gasteiger partial charge in [-0.3, -0.25) is 4.79 Å². The van der Waals surface area contributed by atoms with Crippen LogP contribution in [0.2, 0.25) is 0 Å². The minimum absolute atomic E-state index is 0.221. The van der Waals surface area contributed by atoms with Gasteiger partial charge >= 0.3 is 0 Å². The molecule has 0 aliphatic carbocycles. The molecule has 112 valence electrons. The Hall–Kier alpha value is -2.45. The van der Waals surface area contributed by atoms with Crippen molar-refractivity contribution >= 4 is 23.4 Å². The second-order valence-corrected chi connectivity index (χ2v) is 5.49. The summed E-state index contributed by atoms with van der Waals surface area (Å²) in [6.07, 6.45) is 1.37. The first-order chi connectivity index (χ1) is 10.6. The normalized spacial score (nSPS) is 11.3. The molecule has 0 saturated heterocycles. The number of anilines is 1. The van der Waals surface area contributed by atoms with Gasteiger partial charge in [-0.2, -0.15) is 5.26 Å². The number of thioether (sulfide) groups is 1. The van der Waals surface area contributed by atoms with E-state index in [9.17, 15) is 4.79 Å². The van der Waals surface area contributed by atoms with Crippen LogP contribution >= 0.6 is 11.8 Å². The number of hydrogen-bond donors (Lipinski definition) is 1. The molecule has 0 bridgehead atoms. The molecule has 0 spiro atoms. The van der Waals surface area contributed by atoms with Gasteiger partial charge in [0.1, 0.15) is 5.75 Å². The average molecular weight is 312 g/mol. The zero-order valence-corrected chi connectivity index (χ0v) is 13.2. The molecule has 0 saturated carbocycles. The summed E-state index contributed by atoms with van der Waals surface area (Å²) >= 11 is 1.65. The number of carbonyl (C=O) groups excluding carboxylic acids is 1. The molecular weight excluding hydrogens is 296 g/mol. The van der Waals surface area contributed by atoms with Crippen molar-refractivity contribution in [3.63, 3.8) is 0 Å². The van der Waals surface area contributed by atoms with E-state index in [2.05, 4.69) is 5.32 Å². The third kappa shape index (κ3) is 4.27. The van der Waals surface area contributed by atoms with E-state index in [4.69, 9.17) is 10.00 Å². The van der Waals surface area contributed by atoms with Gasteiger partial charge in [0.2, 0.25) is 0 Å². The van der Waals surface area contributed by atoms with Gasteiger partial charge in [0.05, 0.1) is 11.6 Å². The summed E-state index contributed by atoms with van der Waals surface area (Å²) in [5, 5.41) is 11.6. The molecule has 0 aromatic heterocycles. The molecule has 4 nitrogen and oxygen atoms in total. The first-order valence-electron chi connectivity index (χ1n) is 6.74. The van der Waals surface area contributed by atoms with Crippen molar-refractivity contribution in [1.82, 2.24) is 0 Å². The maximum atomic E-state index is 12.1. The van der Waals surface area contributed by atoms with E-state index in [0.717, 1.165) is 10.6 Å². The number of nitrogens with zero attached hydrogens (tertiary/aromatic N) is 1. The van der Waals surface area contributed by atoms with Gasteiger partial charge in [-0.1, -0.05) is 0 Å². The Morgan fingerprint density at radius 3 is 2.36 bits per heavy atom. The zero-order valence-electron chi connectivity index (χ0n) is 12.4. The topological polar surface area (TPSA) is 62.1 Å². The number of rotatable bonds is 5. The highest BCUT2D eigenvalue weighted by atomic mass is 32.2. The fourth-order valence-electron chi connectivity index (χ4n) is 1.78. The summed E-state index contributed by atoms with van der Waals surface area (Å²) in [5.74, 6) is 0.334. The summed E-state index contributed by atoms with van der Waals surface area (Å²) < 4.78 is 5.57. The Morgan fingerprint density at radius 1 is 1.18 bits per heavy atom. The van der Waals surface area contributed by atoms with E-state index in [0.29, 0.717) is 11.3 Å². The van der Waals surface area contributed by atoms with E-state index in [1.807, 2.05) is 36.6 Å². The molecule has 1 atom stereocenters. The lowest BCUT2D eigenvalue weighted by molar-refractivity contribution is -0.122. The van der Waals surface area contributed by atoms with Gasteiger partial charge in [-0.05, 0) is 61.7 Å². The highest BCUT2D eigenvalue weighted by molar-refractivity contribution is 7.98. The number of benzene rings is 2. The lowest BCUT2D eigenvalue weighted by Gasteiger charge is -2.15. The number of amides is 1. The van der Waals surface area contributed by atoms with Gasteiger partial charge in [0.25, 0.3) is 5.91 Å². The van der Waals surface area contributed by atoms with Crippen molar-refractivity contribution in [2.24, 2.45) is 0 Å². The van der Waals surface area contributed by atoms with Crippen LogP contribution in [0.5, 0.6) is 5.75 Å². The third-order valence-corrected chi connectivity index (χ3v) is 3.77. The van der Waals surface area contributed by atoms with Crippen molar-refractivity contribution in [3.8, 4) is 11.8 Å². The van der Waals surface area contributed by atoms with Crippen molar-refractivity contribution in [2.45, 2.75) is 17.9 Å². The molecule has 1 N–H and O–H groups in total. The smallest absolute Gasteiger partial charge is 0.265 e. The van der Waals surface area contributed by atoms with E-state index in [1.165, 1.54) is 0 Å². The number of carbonyl (C=O) groups is 1. The minimum atomic E-state index is -0.631. The van der Waals surface area contributed by atoms with Crippen molar-refractivity contribution < 1.29 is 9.53 Å². The minimum Gasteiger partial charge on any atom is -0.481 e. The highest BCUT2D eigenvalue weighted by Crippen LogP contribution is 2.18. The van der Waals surface area contributed by atoms with E-state index in [1.54, 1.807) is 43.0 Å². The van der Waals surface area contributed by atoms with Crippen LogP contribution in [0.4, 0.5) is 5.69 Å². The predicted molar refractivity (Wildman–Crippen MR) is 88.1 cm³/mol. The van der Waals surface area contributed by atoms with Crippen LogP contribution in [0.15, 0.2) is 53.4 Å². The SMILES string of the molecule is CSc1ccc(NC(=O)[C@@H](C)Oc2ccc(C#N)cc2)cc1. The Kier molecular flexibility index (Phi) is 5.45. The van der Waals surface area contributed by atoms with Crippen molar-refractivity contribution in [2.75, 3.05) is 11.6 Å². The average Bonchev–Trinajstić information content (AvgIpc) is 2.56. The van der Waals surface area contributed by atoms with Crippen LogP contribution in [-0.4, -0.2) is 18.3 Å². The Bertz CT molecular complexity index is 675. The fraction of sp³-hybridized carbons (Fsp3) is 0.176. The summed E-state index contributed by atoms with van der Waals surface area (Å²) in [4.78, 5) is 13.2. The molecular formula is C17H16N2O2S. The van der Waals surface area contributed by atoms with Gasteiger partial charge in [-0.25, -0.2) is 0 Å². The lowest BCUT2D eigenvalue weighted by atomic mass is 10.2. The molecule has 0 fully saturated rings. The molecule has 5 heteroatoms. The number of nitrogens with one attached hydrogen (secondary N) is 1. The number of nitriles is 1. The molecule has 2 aromatic carbocycles. The van der Waals surface area contributed by atoms with Crippen molar-refractivity contribution in [3.05, 3.63) is 54.1 Å². The summed E-state index contributed by atoms with van der Waals surface area (Å²) in [6.45, 7) is 1.68. The van der Waals surface area contributed by atoms with Crippen LogP contribution in [0.1, 0.15) is 12.5 Å². The monoisotopic (exact) mass is 312 g/mol. The van der Waals surface area contributed by atoms with Crippen LogP contribution in [0.3, 0.4) is 0 Å². The largest absolute Gasteiger partial charge is 0.481 e. The molecule has 2 rings (SSSR count). The third-order valence-electron chi connectivity index (χ3n) is 3.02. The lowest BCUT2D eigenvalue weighted by Crippen LogP contribution is -2.30. The molecule has 1 amide bonds. The molecule has 2 aromatic rings. The van der Waals surface area contributed by atoms with E-state index in [-0.39, 0.29) is 5.91 Å². The number of ether oxygens (including phenoxy) is 1. The summed E-state index contributed by atoms with van der Waals surface area (Å²) in [6, 6.07) is 16.3. The van der Waals surface area contributed by atoms with Crippen LogP contribution in [-0.2, 0) is 4.79 Å². The second-order valence-electron chi connectivity index (χ2n) is 4.61. The first kappa shape index (κ1) is 15.9. The molecule has 0 heterocycles. The predicted octanol–water partition coefficient (Wildman–Crippen LogP) is 3.69. The van der Waals surface area contributed by atoms with E-state index < -0.39 is 6.10 Å². The van der Waals surface area contributed by atoms with Crippen LogP contribution in [0, 0.1) is 11.3 Å². The maximum Gasteiger partial charge on any atom is 0.265 e. The first-order valence-corrected chi connectivity index (χ1v) is 7.96. The molecule has 22 heavy (non-hydrogen) atoms. The van der Waals surface area contributed by atoms with E-state index >= 15 is 0 Å². The van der Waals surface area contributed by atoms with Gasteiger partial charge < -0.3 is 10.1 Å². The standard InChI is InChI=1S/C17H16N2O2S/c1-12(21-15-7-3-13(11-18)4-8-15)17(20)19-14-5-9-16(22-2)10-6-14/h3-10,12H,1-2H3,(H,19,20)/t12-/m1/s1. The highest BCUT2D eigenvalue weighted by Gasteiger charge is 2.14. The fourth-order valence-corrected chi connectivity index (χ4v) is 2.19. The quantitative estimate of drug-likeness (QED) is 0.855. The second kappa shape index (κ2) is 7.53.